The quantitative estimate of drug-likeness (QED) is 0.564. The maximum atomic E-state index is 13.0. The van der Waals surface area contributed by atoms with Gasteiger partial charge in [0.1, 0.15) is 18.2 Å². The van der Waals surface area contributed by atoms with Crippen LogP contribution in [0.25, 0.3) is 6.08 Å². The van der Waals surface area contributed by atoms with Crippen molar-refractivity contribution in [3.8, 4) is 11.5 Å². The number of ether oxygens (including phenoxy) is 2. The lowest BCUT2D eigenvalue weighted by atomic mass is 9.99. The van der Waals surface area contributed by atoms with Gasteiger partial charge in [-0.2, -0.15) is 0 Å². The van der Waals surface area contributed by atoms with E-state index in [0.29, 0.717) is 23.8 Å². The maximum Gasteiger partial charge on any atom is 0.231 e. The summed E-state index contributed by atoms with van der Waals surface area (Å²) in [5, 5.41) is 0. The fourth-order valence-corrected chi connectivity index (χ4v) is 4.05. The smallest absolute Gasteiger partial charge is 0.231 e. The molecule has 0 saturated heterocycles. The van der Waals surface area contributed by atoms with Gasteiger partial charge >= 0.3 is 0 Å². The van der Waals surface area contributed by atoms with Gasteiger partial charge in [0.05, 0.1) is 5.56 Å². The molecular weight excluding hydrogens is 374 g/mol. The summed E-state index contributed by atoms with van der Waals surface area (Å²) in [5.74, 6) is 1.74. The molecule has 0 atom stereocenters. The van der Waals surface area contributed by atoms with Gasteiger partial charge in [0.15, 0.2) is 5.76 Å². The highest BCUT2D eigenvalue weighted by molar-refractivity contribution is 6.15. The van der Waals surface area contributed by atoms with Gasteiger partial charge in [0.25, 0.3) is 0 Å². The lowest BCUT2D eigenvalue weighted by Gasteiger charge is -2.30. The van der Waals surface area contributed by atoms with Crippen molar-refractivity contribution in [1.29, 1.82) is 0 Å². The number of nitrogens with zero attached hydrogens (tertiary/aromatic N) is 1. The second kappa shape index (κ2) is 7.47. The van der Waals surface area contributed by atoms with Crippen molar-refractivity contribution in [2.75, 3.05) is 6.73 Å². The molecule has 2 aliphatic heterocycles. The minimum atomic E-state index is -0.0737. The van der Waals surface area contributed by atoms with Crippen LogP contribution in [0.4, 0.5) is 0 Å². The van der Waals surface area contributed by atoms with Gasteiger partial charge in [0, 0.05) is 24.2 Å². The van der Waals surface area contributed by atoms with Crippen molar-refractivity contribution in [3.63, 3.8) is 0 Å². The molecule has 0 aliphatic carbocycles. The maximum absolute atomic E-state index is 13.0. The molecule has 0 spiro atoms. The second-order valence-corrected chi connectivity index (χ2v) is 7.96. The van der Waals surface area contributed by atoms with E-state index in [1.54, 1.807) is 6.08 Å². The van der Waals surface area contributed by atoms with Crippen LogP contribution in [0.15, 0.2) is 66.4 Å². The fraction of sp³-hybridized carbons (Fsp3) is 0.192. The molecule has 5 rings (SSSR count). The number of hydrogen-bond acceptors (Lipinski definition) is 4. The van der Waals surface area contributed by atoms with Gasteiger partial charge in [-0.3, -0.25) is 9.69 Å². The average Bonchev–Trinajstić information content (AvgIpc) is 3.06. The van der Waals surface area contributed by atoms with Gasteiger partial charge in [-0.1, -0.05) is 60.2 Å². The number of fused-ring (bicyclic) bond motifs is 2. The summed E-state index contributed by atoms with van der Waals surface area (Å²) in [6.07, 6.45) is 1.80. The average molecular weight is 397 g/mol. The molecule has 0 amide bonds. The highest BCUT2D eigenvalue weighted by Crippen LogP contribution is 2.43. The van der Waals surface area contributed by atoms with Crippen LogP contribution >= 0.6 is 0 Å². The van der Waals surface area contributed by atoms with Crippen molar-refractivity contribution in [1.82, 2.24) is 4.90 Å². The minimum Gasteiger partial charge on any atom is -0.477 e. The van der Waals surface area contributed by atoms with E-state index in [-0.39, 0.29) is 5.78 Å². The summed E-state index contributed by atoms with van der Waals surface area (Å²) >= 11 is 0. The first-order chi connectivity index (χ1) is 14.6. The molecule has 0 bridgehead atoms. The van der Waals surface area contributed by atoms with E-state index in [4.69, 9.17) is 9.47 Å². The molecule has 0 fully saturated rings. The van der Waals surface area contributed by atoms with E-state index in [1.807, 2.05) is 43.3 Å². The molecule has 0 unspecified atom stereocenters. The number of carbonyl (C=O) groups is 1. The van der Waals surface area contributed by atoms with Crippen molar-refractivity contribution in [2.45, 2.75) is 26.9 Å². The zero-order chi connectivity index (χ0) is 20.7. The molecule has 2 heterocycles. The molecule has 3 aromatic rings. The van der Waals surface area contributed by atoms with Crippen LogP contribution < -0.4 is 9.47 Å². The van der Waals surface area contributed by atoms with Crippen LogP contribution in [-0.4, -0.2) is 17.4 Å². The molecule has 2 aliphatic rings. The Hall–Kier alpha value is -3.37. The Morgan fingerprint density at radius 3 is 2.53 bits per heavy atom. The number of carbonyl (C=O) groups excluding carboxylic acids is 1. The molecule has 4 heteroatoms. The Morgan fingerprint density at radius 1 is 1.00 bits per heavy atom. The molecule has 0 radical (unpaired) electrons. The van der Waals surface area contributed by atoms with Crippen LogP contribution in [0.3, 0.4) is 0 Å². The topological polar surface area (TPSA) is 38.8 Å². The zero-order valence-electron chi connectivity index (χ0n) is 17.1. The number of ketones is 1. The first-order valence-electron chi connectivity index (χ1n) is 10.1. The van der Waals surface area contributed by atoms with E-state index >= 15 is 0 Å². The lowest BCUT2D eigenvalue weighted by molar-refractivity contribution is 0.0876. The van der Waals surface area contributed by atoms with Crippen LogP contribution in [-0.2, 0) is 13.1 Å². The lowest BCUT2D eigenvalue weighted by Crippen LogP contribution is -2.32. The summed E-state index contributed by atoms with van der Waals surface area (Å²) in [4.78, 5) is 15.2. The fourth-order valence-electron chi connectivity index (χ4n) is 4.05. The van der Waals surface area contributed by atoms with Crippen molar-refractivity contribution in [3.05, 3.63) is 99.8 Å². The standard InChI is InChI=1S/C26H23NO3/c1-17-8-10-20(11-9-17)14-27-15-21-13-22-24(28)23(12-19-6-4-3-5-7-19)30-26(22)18(2)25(21)29-16-27/h3-13H,14-16H2,1-2H3/b23-12-. The largest absolute Gasteiger partial charge is 0.477 e. The third-order valence-corrected chi connectivity index (χ3v) is 5.63. The monoisotopic (exact) mass is 397 g/mol. The zero-order valence-corrected chi connectivity index (χ0v) is 17.1. The molecule has 150 valence electrons. The number of benzene rings is 3. The third-order valence-electron chi connectivity index (χ3n) is 5.63. The Labute approximate surface area is 176 Å². The highest BCUT2D eigenvalue weighted by Gasteiger charge is 2.33. The van der Waals surface area contributed by atoms with Gasteiger partial charge in [-0.25, -0.2) is 0 Å². The van der Waals surface area contributed by atoms with Crippen LogP contribution in [0, 0.1) is 13.8 Å². The molecule has 4 nitrogen and oxygen atoms in total. The molecule has 0 aromatic heterocycles. The summed E-state index contributed by atoms with van der Waals surface area (Å²) in [7, 11) is 0. The number of allylic oxidation sites excluding steroid dienone is 1. The summed E-state index contributed by atoms with van der Waals surface area (Å²) in [6.45, 7) is 6.11. The molecule has 0 N–H and O–H groups in total. The van der Waals surface area contributed by atoms with Crippen LogP contribution in [0.1, 0.15) is 38.2 Å². The van der Waals surface area contributed by atoms with Crippen LogP contribution in [0.2, 0.25) is 0 Å². The molecule has 30 heavy (non-hydrogen) atoms. The normalized spacial score (nSPS) is 16.7. The van der Waals surface area contributed by atoms with Crippen LogP contribution in [0.5, 0.6) is 11.5 Å². The first-order valence-corrected chi connectivity index (χ1v) is 10.1. The number of hydrogen-bond donors (Lipinski definition) is 0. The van der Waals surface area contributed by atoms with Crippen molar-refractivity contribution in [2.24, 2.45) is 0 Å². The summed E-state index contributed by atoms with van der Waals surface area (Å²) < 4.78 is 12.1. The first kappa shape index (κ1) is 18.6. The molecule has 3 aromatic carbocycles. The Bertz CT molecular complexity index is 1150. The summed E-state index contributed by atoms with van der Waals surface area (Å²) in [6, 6.07) is 20.2. The van der Waals surface area contributed by atoms with Crippen molar-refractivity contribution < 1.29 is 14.3 Å². The van der Waals surface area contributed by atoms with E-state index in [9.17, 15) is 4.79 Å². The van der Waals surface area contributed by atoms with E-state index in [1.165, 1.54) is 11.1 Å². The molecule has 0 saturated carbocycles. The number of Topliss-reactive ketones (excluding diaryl/α,β-unsaturated/α-hetero) is 1. The Morgan fingerprint density at radius 2 is 1.77 bits per heavy atom. The second-order valence-electron chi connectivity index (χ2n) is 7.96. The minimum absolute atomic E-state index is 0.0737. The van der Waals surface area contributed by atoms with Crippen molar-refractivity contribution >= 4 is 11.9 Å². The Kier molecular flexibility index (Phi) is 4.64. The van der Waals surface area contributed by atoms with Gasteiger partial charge in [-0.05, 0) is 37.1 Å². The van der Waals surface area contributed by atoms with Gasteiger partial charge < -0.3 is 9.47 Å². The van der Waals surface area contributed by atoms with E-state index in [2.05, 4.69) is 36.1 Å². The predicted molar refractivity (Wildman–Crippen MR) is 116 cm³/mol. The predicted octanol–water partition coefficient (Wildman–Crippen LogP) is 5.27. The van der Waals surface area contributed by atoms with E-state index in [0.717, 1.165) is 35.5 Å². The summed E-state index contributed by atoms with van der Waals surface area (Å²) in [5.41, 5.74) is 5.98. The van der Waals surface area contributed by atoms with E-state index < -0.39 is 0 Å². The Balaban J connectivity index is 1.42. The highest BCUT2D eigenvalue weighted by atomic mass is 16.5. The SMILES string of the molecule is Cc1ccc(CN2COc3c(cc4c(c3C)O/C(=C\c3ccccc3)C4=O)C2)cc1. The third kappa shape index (κ3) is 3.40. The molecular formula is C26H23NO3. The number of rotatable bonds is 3. The van der Waals surface area contributed by atoms with Gasteiger partial charge in [-0.15, -0.1) is 0 Å². The number of aryl methyl sites for hydroxylation is 1. The van der Waals surface area contributed by atoms with Gasteiger partial charge in [0.2, 0.25) is 5.78 Å².